The summed E-state index contributed by atoms with van der Waals surface area (Å²) < 4.78 is 22.4. The second kappa shape index (κ2) is 10.0. The molecule has 0 spiro atoms. The van der Waals surface area contributed by atoms with Crippen molar-refractivity contribution in [1.82, 2.24) is 0 Å². The van der Waals surface area contributed by atoms with Gasteiger partial charge >= 0.3 is 0 Å². The molecule has 0 bridgehead atoms. The van der Waals surface area contributed by atoms with E-state index in [1.54, 1.807) is 35.4 Å². The van der Waals surface area contributed by atoms with Gasteiger partial charge in [0.25, 0.3) is 5.91 Å². The van der Waals surface area contributed by atoms with Gasteiger partial charge in [-0.15, -0.1) is 0 Å². The van der Waals surface area contributed by atoms with Crippen LogP contribution in [0.5, 0.6) is 23.0 Å². The summed E-state index contributed by atoms with van der Waals surface area (Å²) in [4.78, 5) is 35.0. The molecule has 9 nitrogen and oxygen atoms in total. The number of carbonyl (C=O) groups excluding carboxylic acids is 2. The van der Waals surface area contributed by atoms with Crippen molar-refractivity contribution in [2.45, 2.75) is 19.1 Å². The van der Waals surface area contributed by atoms with Crippen LogP contribution in [0.4, 0.5) is 11.4 Å². The lowest BCUT2D eigenvalue weighted by molar-refractivity contribution is -0.126. The quantitative estimate of drug-likeness (QED) is 0.423. The molecule has 2 heterocycles. The summed E-state index contributed by atoms with van der Waals surface area (Å²) in [5.74, 6) is 0.188. The van der Waals surface area contributed by atoms with Gasteiger partial charge in [-0.2, -0.15) is 0 Å². The zero-order valence-corrected chi connectivity index (χ0v) is 21.0. The predicted octanol–water partition coefficient (Wildman–Crippen LogP) is 4.16. The lowest BCUT2D eigenvalue weighted by Gasteiger charge is -2.30. The molecule has 0 N–H and O–H groups in total. The Labute approximate surface area is 215 Å². The third-order valence-corrected chi connectivity index (χ3v) is 6.57. The molecule has 0 aliphatic carbocycles. The molecule has 0 aromatic heterocycles. The fourth-order valence-corrected chi connectivity index (χ4v) is 5.02. The normalized spacial score (nSPS) is 20.7. The monoisotopic (exact) mass is 504 g/mol. The number of fused-ring (bicyclic) bond motifs is 1. The average Bonchev–Trinajstić information content (AvgIpc) is 3.43. The molecule has 2 fully saturated rings. The average molecular weight is 505 g/mol. The Balaban J connectivity index is 1.63. The van der Waals surface area contributed by atoms with Gasteiger partial charge in [0.2, 0.25) is 11.7 Å². The number of hydrogen-bond acceptors (Lipinski definition) is 8. The number of rotatable bonds is 8. The number of benzene rings is 3. The zero-order valence-electron chi connectivity index (χ0n) is 21.0. The number of amides is 2. The van der Waals surface area contributed by atoms with Crippen LogP contribution >= 0.6 is 0 Å². The zero-order chi connectivity index (χ0) is 26.1. The Morgan fingerprint density at radius 3 is 2.22 bits per heavy atom. The first kappa shape index (κ1) is 24.5. The summed E-state index contributed by atoms with van der Waals surface area (Å²) in [5.41, 5.74) is 1.76. The van der Waals surface area contributed by atoms with Gasteiger partial charge in [-0.1, -0.05) is 24.3 Å². The second-order valence-electron chi connectivity index (χ2n) is 8.52. The number of hydroxylamine groups is 1. The predicted molar refractivity (Wildman–Crippen MR) is 136 cm³/mol. The number of nitrogens with zero attached hydrogens (tertiary/aromatic N) is 2. The Bertz CT molecular complexity index is 1310. The molecule has 3 aromatic rings. The molecule has 3 atom stereocenters. The highest BCUT2D eigenvalue weighted by Crippen LogP contribution is 2.52. The SMILES string of the molecule is CCOc1cccc(N2C(=O)C3ON(c4ccccc4)C(c4ccc(OC)c(OC)c4OC)C3C2=O)c1. The highest BCUT2D eigenvalue weighted by molar-refractivity contribution is 6.24. The highest BCUT2D eigenvalue weighted by Gasteiger charge is 2.61. The summed E-state index contributed by atoms with van der Waals surface area (Å²) in [6.07, 6.45) is -1.02. The van der Waals surface area contributed by atoms with E-state index in [-0.39, 0.29) is 5.91 Å². The largest absolute Gasteiger partial charge is 0.494 e. The van der Waals surface area contributed by atoms with Crippen LogP contribution < -0.4 is 28.9 Å². The van der Waals surface area contributed by atoms with Crippen molar-refractivity contribution in [3.63, 3.8) is 0 Å². The number of imide groups is 1. The number of anilines is 2. The van der Waals surface area contributed by atoms with E-state index in [4.69, 9.17) is 23.8 Å². The molecule has 3 aromatic carbocycles. The number of para-hydroxylation sites is 1. The fraction of sp³-hybridized carbons (Fsp3) is 0.286. The molecular formula is C28H28N2O7. The van der Waals surface area contributed by atoms with Gasteiger partial charge in [-0.05, 0) is 43.3 Å². The molecule has 9 heteroatoms. The minimum absolute atomic E-state index is 0.371. The summed E-state index contributed by atoms with van der Waals surface area (Å²) in [7, 11) is 4.58. The van der Waals surface area contributed by atoms with Gasteiger partial charge in [-0.3, -0.25) is 14.4 Å². The topological polar surface area (TPSA) is 86.8 Å². The standard InChI is InChI=1S/C28H28N2O7/c1-5-36-19-13-9-12-18(16-19)29-27(31)22-23(20-14-15-21(33-2)25(35-4)24(20)34-3)30(37-26(22)28(29)32)17-10-7-6-8-11-17/h6-16,22-23,26H,5H2,1-4H3. The van der Waals surface area contributed by atoms with Gasteiger partial charge in [-0.25, -0.2) is 9.96 Å². The van der Waals surface area contributed by atoms with Crippen molar-refractivity contribution in [3.05, 3.63) is 72.3 Å². The third-order valence-electron chi connectivity index (χ3n) is 6.57. The molecule has 2 amide bonds. The molecule has 2 aliphatic heterocycles. The Hall–Kier alpha value is -4.24. The number of methoxy groups -OCH3 is 3. The molecule has 5 rings (SSSR count). The van der Waals surface area contributed by atoms with Gasteiger partial charge in [0.1, 0.15) is 17.7 Å². The van der Waals surface area contributed by atoms with Gasteiger partial charge in [0.05, 0.1) is 39.3 Å². The van der Waals surface area contributed by atoms with Gasteiger partial charge in [0, 0.05) is 11.6 Å². The van der Waals surface area contributed by atoms with Gasteiger partial charge in [0.15, 0.2) is 17.6 Å². The van der Waals surface area contributed by atoms with Crippen molar-refractivity contribution in [3.8, 4) is 23.0 Å². The van der Waals surface area contributed by atoms with E-state index in [2.05, 4.69) is 0 Å². The van der Waals surface area contributed by atoms with Crippen LogP contribution in [-0.2, 0) is 14.4 Å². The second-order valence-corrected chi connectivity index (χ2v) is 8.52. The number of carbonyl (C=O) groups is 2. The van der Waals surface area contributed by atoms with Crippen LogP contribution in [0.25, 0.3) is 0 Å². The third kappa shape index (κ3) is 4.01. The van der Waals surface area contributed by atoms with Crippen LogP contribution in [0.3, 0.4) is 0 Å². The summed E-state index contributed by atoms with van der Waals surface area (Å²) in [6, 6.07) is 19.1. The minimum atomic E-state index is -1.02. The first-order chi connectivity index (χ1) is 18.0. The van der Waals surface area contributed by atoms with E-state index in [1.807, 2.05) is 43.3 Å². The fourth-order valence-electron chi connectivity index (χ4n) is 5.02. The molecule has 0 radical (unpaired) electrons. The van der Waals surface area contributed by atoms with E-state index in [1.165, 1.54) is 26.2 Å². The summed E-state index contributed by atoms with van der Waals surface area (Å²) >= 11 is 0. The van der Waals surface area contributed by atoms with Crippen molar-refractivity contribution in [2.75, 3.05) is 37.9 Å². The molecule has 37 heavy (non-hydrogen) atoms. The lowest BCUT2D eigenvalue weighted by atomic mass is 9.89. The van der Waals surface area contributed by atoms with Crippen molar-refractivity contribution in [1.29, 1.82) is 0 Å². The molecule has 2 saturated heterocycles. The maximum Gasteiger partial charge on any atom is 0.266 e. The maximum atomic E-state index is 14.0. The Morgan fingerprint density at radius 2 is 1.54 bits per heavy atom. The first-order valence-corrected chi connectivity index (χ1v) is 11.9. The van der Waals surface area contributed by atoms with Crippen LogP contribution in [0.2, 0.25) is 0 Å². The van der Waals surface area contributed by atoms with Crippen LogP contribution in [0.15, 0.2) is 66.7 Å². The summed E-state index contributed by atoms with van der Waals surface area (Å²) in [5, 5.41) is 1.61. The molecule has 192 valence electrons. The first-order valence-electron chi connectivity index (χ1n) is 11.9. The van der Waals surface area contributed by atoms with E-state index in [9.17, 15) is 9.59 Å². The van der Waals surface area contributed by atoms with E-state index >= 15 is 0 Å². The van der Waals surface area contributed by atoms with Crippen LogP contribution in [-0.4, -0.2) is 45.9 Å². The Morgan fingerprint density at radius 1 is 0.811 bits per heavy atom. The maximum absolute atomic E-state index is 14.0. The molecule has 3 unspecified atom stereocenters. The number of hydrogen-bond donors (Lipinski definition) is 0. The van der Waals surface area contributed by atoms with Crippen molar-refractivity contribution >= 4 is 23.2 Å². The number of ether oxygens (including phenoxy) is 4. The molecule has 0 saturated carbocycles. The molecular weight excluding hydrogens is 476 g/mol. The highest BCUT2D eigenvalue weighted by atomic mass is 16.7. The minimum Gasteiger partial charge on any atom is -0.494 e. The van der Waals surface area contributed by atoms with E-state index in [0.717, 1.165) is 0 Å². The molecule has 2 aliphatic rings. The lowest BCUT2D eigenvalue weighted by Crippen LogP contribution is -2.37. The van der Waals surface area contributed by atoms with Crippen LogP contribution in [0.1, 0.15) is 18.5 Å². The van der Waals surface area contributed by atoms with Crippen LogP contribution in [0, 0.1) is 5.92 Å². The van der Waals surface area contributed by atoms with E-state index < -0.39 is 24.0 Å². The van der Waals surface area contributed by atoms with E-state index in [0.29, 0.717) is 46.5 Å². The smallest absolute Gasteiger partial charge is 0.266 e. The Kier molecular flexibility index (Phi) is 6.62. The van der Waals surface area contributed by atoms with Gasteiger partial charge < -0.3 is 18.9 Å². The van der Waals surface area contributed by atoms with Crippen molar-refractivity contribution in [2.24, 2.45) is 5.92 Å². The van der Waals surface area contributed by atoms with Crippen molar-refractivity contribution < 1.29 is 33.4 Å². The summed E-state index contributed by atoms with van der Waals surface area (Å²) in [6.45, 7) is 2.34.